The topological polar surface area (TPSA) is 35.6 Å². The number of urea groups is 1. The van der Waals surface area contributed by atoms with Gasteiger partial charge in [0, 0.05) is 31.2 Å². The summed E-state index contributed by atoms with van der Waals surface area (Å²) in [6, 6.07) is 2.03. The third-order valence-corrected chi connectivity index (χ3v) is 5.62. The van der Waals surface area contributed by atoms with Gasteiger partial charge < -0.3 is 10.2 Å². The minimum absolute atomic E-state index is 0.192. The molecule has 0 saturated carbocycles. The zero-order valence-corrected chi connectivity index (χ0v) is 13.5. The molecular weight excluding hydrogens is 262 g/mol. The van der Waals surface area contributed by atoms with Gasteiger partial charge in [0.15, 0.2) is 0 Å². The summed E-state index contributed by atoms with van der Waals surface area (Å²) in [5.74, 6) is 0. The van der Waals surface area contributed by atoms with Gasteiger partial charge in [-0.3, -0.25) is 4.90 Å². The van der Waals surface area contributed by atoms with Crippen molar-refractivity contribution in [2.45, 2.75) is 82.8 Å². The molecule has 3 aliphatic rings. The molecule has 0 aromatic rings. The van der Waals surface area contributed by atoms with Crippen molar-refractivity contribution in [3.05, 3.63) is 0 Å². The van der Waals surface area contributed by atoms with Crippen LogP contribution >= 0.6 is 0 Å². The first kappa shape index (κ1) is 15.1. The Morgan fingerprint density at radius 1 is 1.10 bits per heavy atom. The van der Waals surface area contributed by atoms with E-state index >= 15 is 0 Å². The molecule has 2 bridgehead atoms. The number of hydrogen-bond donors (Lipinski definition) is 1. The van der Waals surface area contributed by atoms with E-state index in [1.807, 2.05) is 4.90 Å². The van der Waals surface area contributed by atoms with Crippen molar-refractivity contribution in [2.24, 2.45) is 0 Å². The van der Waals surface area contributed by atoms with Crippen molar-refractivity contribution in [3.63, 3.8) is 0 Å². The molecule has 3 fully saturated rings. The van der Waals surface area contributed by atoms with Gasteiger partial charge in [0.2, 0.25) is 0 Å². The summed E-state index contributed by atoms with van der Waals surface area (Å²) >= 11 is 0. The highest BCUT2D eigenvalue weighted by Crippen LogP contribution is 2.34. The molecular formula is C17H31N3O. The van der Waals surface area contributed by atoms with Crippen LogP contribution in [-0.2, 0) is 0 Å². The summed E-state index contributed by atoms with van der Waals surface area (Å²) in [6.45, 7) is 5.44. The van der Waals surface area contributed by atoms with Crippen LogP contribution in [0.15, 0.2) is 0 Å². The maximum absolute atomic E-state index is 12.3. The van der Waals surface area contributed by atoms with Gasteiger partial charge in [0.05, 0.1) is 0 Å². The van der Waals surface area contributed by atoms with Crippen LogP contribution in [0.2, 0.25) is 0 Å². The van der Waals surface area contributed by atoms with E-state index in [9.17, 15) is 4.79 Å². The highest BCUT2D eigenvalue weighted by molar-refractivity contribution is 5.74. The van der Waals surface area contributed by atoms with Crippen LogP contribution in [-0.4, -0.2) is 53.6 Å². The van der Waals surface area contributed by atoms with Gasteiger partial charge in [-0.05, 0) is 51.5 Å². The number of fused-ring (bicyclic) bond motifs is 2. The number of likely N-dealkylation sites (tertiary alicyclic amines) is 1. The summed E-state index contributed by atoms with van der Waals surface area (Å²) in [5.41, 5.74) is 0. The van der Waals surface area contributed by atoms with Crippen molar-refractivity contribution in [3.8, 4) is 0 Å². The number of nitrogens with zero attached hydrogens (tertiary/aromatic N) is 2. The highest BCUT2D eigenvalue weighted by Gasteiger charge is 2.38. The Labute approximate surface area is 129 Å². The number of rotatable bonds is 4. The lowest BCUT2D eigenvalue weighted by Crippen LogP contribution is -2.58. The van der Waals surface area contributed by atoms with Gasteiger partial charge in [-0.1, -0.05) is 19.8 Å². The number of piperidine rings is 2. The molecule has 4 heteroatoms. The fourth-order valence-electron chi connectivity index (χ4n) is 4.49. The molecule has 0 aromatic heterocycles. The summed E-state index contributed by atoms with van der Waals surface area (Å²) in [6.07, 6.45) is 11.3. The average Bonchev–Trinajstić information content (AvgIpc) is 2.99. The summed E-state index contributed by atoms with van der Waals surface area (Å²) in [4.78, 5) is 17.0. The van der Waals surface area contributed by atoms with Crippen molar-refractivity contribution in [2.75, 3.05) is 19.6 Å². The minimum atomic E-state index is 0.192. The normalized spacial score (nSPS) is 33.2. The molecule has 3 heterocycles. The number of amides is 2. The Balaban J connectivity index is 1.54. The first-order valence-electron chi connectivity index (χ1n) is 9.09. The fraction of sp³-hybridized carbons (Fsp3) is 0.941. The van der Waals surface area contributed by atoms with Crippen LogP contribution < -0.4 is 5.32 Å². The molecule has 1 unspecified atom stereocenters. The lowest BCUT2D eigenvalue weighted by Gasteiger charge is -2.49. The Morgan fingerprint density at radius 3 is 2.38 bits per heavy atom. The first-order chi connectivity index (χ1) is 10.3. The molecule has 0 radical (unpaired) electrons. The van der Waals surface area contributed by atoms with E-state index in [4.69, 9.17) is 0 Å². The van der Waals surface area contributed by atoms with Crippen LogP contribution in [0.5, 0.6) is 0 Å². The van der Waals surface area contributed by atoms with Crippen LogP contribution in [0, 0.1) is 0 Å². The number of unbranched alkanes of at least 4 members (excludes halogenated alkanes) is 1. The minimum Gasteiger partial charge on any atom is -0.335 e. The van der Waals surface area contributed by atoms with Gasteiger partial charge in [0.1, 0.15) is 0 Å². The second-order valence-electron chi connectivity index (χ2n) is 7.14. The monoisotopic (exact) mass is 293 g/mol. The Hall–Kier alpha value is -0.770. The largest absolute Gasteiger partial charge is 0.335 e. The van der Waals surface area contributed by atoms with E-state index in [-0.39, 0.29) is 6.03 Å². The number of nitrogens with one attached hydrogen (secondary N) is 1. The molecule has 3 atom stereocenters. The van der Waals surface area contributed by atoms with Gasteiger partial charge >= 0.3 is 6.03 Å². The summed E-state index contributed by atoms with van der Waals surface area (Å²) in [7, 11) is 0. The van der Waals surface area contributed by atoms with Crippen LogP contribution in [0.25, 0.3) is 0 Å². The summed E-state index contributed by atoms with van der Waals surface area (Å²) < 4.78 is 0. The van der Waals surface area contributed by atoms with Crippen molar-refractivity contribution < 1.29 is 4.79 Å². The predicted molar refractivity (Wildman–Crippen MR) is 85.4 cm³/mol. The molecule has 0 spiro atoms. The summed E-state index contributed by atoms with van der Waals surface area (Å²) in [5, 5.41) is 3.33. The van der Waals surface area contributed by atoms with Crippen LogP contribution in [0.1, 0.15) is 64.7 Å². The van der Waals surface area contributed by atoms with E-state index < -0.39 is 0 Å². The molecule has 120 valence electrons. The third kappa shape index (κ3) is 3.53. The first-order valence-corrected chi connectivity index (χ1v) is 9.09. The van der Waals surface area contributed by atoms with E-state index in [2.05, 4.69) is 17.1 Å². The predicted octanol–water partition coefficient (Wildman–Crippen LogP) is 2.98. The lowest BCUT2D eigenvalue weighted by molar-refractivity contribution is 0.0248. The molecule has 3 rings (SSSR count). The quantitative estimate of drug-likeness (QED) is 0.865. The van der Waals surface area contributed by atoms with Gasteiger partial charge in [-0.25, -0.2) is 4.79 Å². The van der Waals surface area contributed by atoms with Crippen LogP contribution in [0.4, 0.5) is 4.79 Å². The number of carbonyl (C=O) groups excluding carboxylic acids is 1. The maximum atomic E-state index is 12.3. The fourth-order valence-corrected chi connectivity index (χ4v) is 4.49. The smallest absolute Gasteiger partial charge is 0.317 e. The molecule has 0 aromatic carbocycles. The molecule has 21 heavy (non-hydrogen) atoms. The highest BCUT2D eigenvalue weighted by atomic mass is 16.2. The second kappa shape index (κ2) is 6.99. The molecule has 2 amide bonds. The van der Waals surface area contributed by atoms with E-state index in [0.717, 1.165) is 13.1 Å². The molecule has 0 aliphatic carbocycles. The number of carbonyl (C=O) groups is 1. The van der Waals surface area contributed by atoms with Gasteiger partial charge in [-0.15, -0.1) is 0 Å². The zero-order chi connectivity index (χ0) is 14.7. The van der Waals surface area contributed by atoms with E-state index in [1.54, 1.807) is 0 Å². The average molecular weight is 293 g/mol. The Bertz CT molecular complexity index is 340. The van der Waals surface area contributed by atoms with Gasteiger partial charge in [0.25, 0.3) is 0 Å². The second-order valence-corrected chi connectivity index (χ2v) is 7.14. The van der Waals surface area contributed by atoms with E-state index in [0.29, 0.717) is 18.1 Å². The van der Waals surface area contributed by atoms with Gasteiger partial charge in [-0.2, -0.15) is 0 Å². The van der Waals surface area contributed by atoms with Crippen molar-refractivity contribution in [1.82, 2.24) is 15.1 Å². The maximum Gasteiger partial charge on any atom is 0.317 e. The standard InChI is InChI=1S/C17H31N3O/c1-2-3-11-20-15-7-6-8-16(20)13-14(12-15)18-17(21)19-9-4-5-10-19/h14-16H,2-13H2,1H3,(H,18,21)/t14?,15-,16+. The van der Waals surface area contributed by atoms with Crippen LogP contribution in [0.3, 0.4) is 0 Å². The lowest BCUT2D eigenvalue weighted by atomic mass is 9.81. The molecule has 3 aliphatic heterocycles. The Morgan fingerprint density at radius 2 is 1.76 bits per heavy atom. The molecule has 1 N–H and O–H groups in total. The zero-order valence-electron chi connectivity index (χ0n) is 13.5. The van der Waals surface area contributed by atoms with Crippen molar-refractivity contribution >= 4 is 6.03 Å². The Kier molecular flexibility index (Phi) is 5.04. The SMILES string of the molecule is CCCCN1[C@@H]2CCC[C@H]1CC(NC(=O)N1CCCC1)C2. The molecule has 3 saturated heterocycles. The third-order valence-electron chi connectivity index (χ3n) is 5.62. The van der Waals surface area contributed by atoms with Crippen molar-refractivity contribution in [1.29, 1.82) is 0 Å². The van der Waals surface area contributed by atoms with E-state index in [1.165, 1.54) is 64.3 Å². The number of hydrogen-bond acceptors (Lipinski definition) is 2. The molecule has 4 nitrogen and oxygen atoms in total.